The summed E-state index contributed by atoms with van der Waals surface area (Å²) in [6.07, 6.45) is 2.58. The van der Waals surface area contributed by atoms with Gasteiger partial charge in [-0.3, -0.25) is 15.1 Å². The molecule has 0 saturated carbocycles. The molecule has 2 amide bonds. The van der Waals surface area contributed by atoms with E-state index in [2.05, 4.69) is 20.8 Å². The molecule has 1 aliphatic heterocycles. The number of hydrazone groups is 1. The summed E-state index contributed by atoms with van der Waals surface area (Å²) in [4.78, 5) is 27.2. The highest BCUT2D eigenvalue weighted by Gasteiger charge is 2.22. The fraction of sp³-hybridized carbons (Fsp3) is 0.176. The molecule has 25 heavy (non-hydrogen) atoms. The lowest BCUT2D eigenvalue weighted by Crippen LogP contribution is -2.32. The Kier molecular flexibility index (Phi) is 4.60. The van der Waals surface area contributed by atoms with Crippen molar-refractivity contribution in [2.45, 2.75) is 13.3 Å². The van der Waals surface area contributed by atoms with Gasteiger partial charge in [0, 0.05) is 30.3 Å². The van der Waals surface area contributed by atoms with Gasteiger partial charge in [0.05, 0.1) is 11.4 Å². The van der Waals surface area contributed by atoms with Gasteiger partial charge < -0.3 is 9.84 Å². The first kappa shape index (κ1) is 16.4. The molecule has 8 heteroatoms. The maximum absolute atomic E-state index is 12.0. The molecule has 8 nitrogen and oxygen atoms in total. The first-order valence-corrected chi connectivity index (χ1v) is 7.61. The highest BCUT2D eigenvalue weighted by atomic mass is 16.6. The van der Waals surface area contributed by atoms with Gasteiger partial charge in [-0.15, -0.1) is 0 Å². The molecule has 0 bridgehead atoms. The van der Waals surface area contributed by atoms with Gasteiger partial charge >= 0.3 is 6.09 Å². The van der Waals surface area contributed by atoms with Gasteiger partial charge in [0.25, 0.3) is 0 Å². The highest BCUT2D eigenvalue weighted by Crippen LogP contribution is 2.27. The van der Waals surface area contributed by atoms with Crippen LogP contribution in [0.2, 0.25) is 0 Å². The van der Waals surface area contributed by atoms with E-state index in [9.17, 15) is 14.7 Å². The molecule has 1 atom stereocenters. The van der Waals surface area contributed by atoms with Crippen molar-refractivity contribution in [3.8, 4) is 11.5 Å². The average molecular weight is 340 g/mol. The number of hydrogen-bond donors (Lipinski definition) is 3. The Morgan fingerprint density at radius 1 is 1.32 bits per heavy atom. The van der Waals surface area contributed by atoms with E-state index in [1.165, 1.54) is 30.6 Å². The van der Waals surface area contributed by atoms with Crippen molar-refractivity contribution in [3.05, 3.63) is 48.3 Å². The maximum atomic E-state index is 12.0. The predicted molar refractivity (Wildman–Crippen MR) is 90.5 cm³/mol. The number of ether oxygens (including phenoxy) is 1. The van der Waals surface area contributed by atoms with Gasteiger partial charge in [-0.25, -0.2) is 10.2 Å². The van der Waals surface area contributed by atoms with Crippen LogP contribution < -0.4 is 15.5 Å². The van der Waals surface area contributed by atoms with Crippen LogP contribution in [0, 0.1) is 5.92 Å². The highest BCUT2D eigenvalue weighted by molar-refractivity contribution is 6.06. The molecule has 1 aromatic heterocycles. The topological polar surface area (TPSA) is 113 Å². The van der Waals surface area contributed by atoms with Gasteiger partial charge in [0.1, 0.15) is 11.5 Å². The molecule has 128 valence electrons. The smallest absolute Gasteiger partial charge is 0.417 e. The van der Waals surface area contributed by atoms with Crippen LogP contribution in [0.5, 0.6) is 11.5 Å². The lowest BCUT2D eigenvalue weighted by atomic mass is 9.94. The Balaban J connectivity index is 1.78. The van der Waals surface area contributed by atoms with Crippen LogP contribution >= 0.6 is 0 Å². The lowest BCUT2D eigenvalue weighted by Gasteiger charge is -2.19. The van der Waals surface area contributed by atoms with Crippen LogP contribution in [-0.2, 0) is 4.79 Å². The van der Waals surface area contributed by atoms with Crippen molar-refractivity contribution in [3.63, 3.8) is 0 Å². The zero-order valence-corrected chi connectivity index (χ0v) is 13.4. The summed E-state index contributed by atoms with van der Waals surface area (Å²) in [5.41, 5.74) is 3.98. The molecule has 0 spiro atoms. The Morgan fingerprint density at radius 3 is 2.80 bits per heavy atom. The number of anilines is 1. The van der Waals surface area contributed by atoms with Crippen LogP contribution in [0.1, 0.15) is 18.9 Å². The summed E-state index contributed by atoms with van der Waals surface area (Å²) in [5.74, 6) is 0.00359. The maximum Gasteiger partial charge on any atom is 0.417 e. The number of aromatic nitrogens is 1. The molecule has 0 fully saturated rings. The van der Waals surface area contributed by atoms with Crippen LogP contribution in [0.4, 0.5) is 10.5 Å². The number of pyridine rings is 1. The summed E-state index contributed by atoms with van der Waals surface area (Å²) >= 11 is 0. The van der Waals surface area contributed by atoms with E-state index in [0.29, 0.717) is 23.4 Å². The number of phenolic OH excluding ortho intramolecular Hbond substituents is 1. The third kappa shape index (κ3) is 3.92. The van der Waals surface area contributed by atoms with E-state index in [1.54, 1.807) is 12.1 Å². The molecule has 1 aliphatic rings. The van der Waals surface area contributed by atoms with Crippen molar-refractivity contribution in [2.75, 3.05) is 5.32 Å². The molecular weight excluding hydrogens is 324 g/mol. The van der Waals surface area contributed by atoms with Crippen molar-refractivity contribution in [2.24, 2.45) is 11.0 Å². The van der Waals surface area contributed by atoms with Gasteiger partial charge in [-0.1, -0.05) is 6.92 Å². The van der Waals surface area contributed by atoms with Crippen LogP contribution in [0.25, 0.3) is 0 Å². The van der Waals surface area contributed by atoms with Crippen LogP contribution in [-0.4, -0.2) is 27.8 Å². The third-order valence-corrected chi connectivity index (χ3v) is 3.65. The summed E-state index contributed by atoms with van der Waals surface area (Å²) in [7, 11) is 0. The van der Waals surface area contributed by atoms with Crippen molar-refractivity contribution in [1.29, 1.82) is 0 Å². The second-order valence-corrected chi connectivity index (χ2v) is 5.57. The number of aromatic hydroxyl groups is 1. The number of nitrogens with one attached hydrogen (secondary N) is 2. The molecule has 0 aliphatic carbocycles. The number of phenols is 1. The van der Waals surface area contributed by atoms with Crippen LogP contribution in [0.15, 0.2) is 47.8 Å². The number of benzene rings is 1. The third-order valence-electron chi connectivity index (χ3n) is 3.65. The minimum Gasteiger partial charge on any atom is -0.506 e. The molecule has 0 saturated heterocycles. The fourth-order valence-corrected chi connectivity index (χ4v) is 2.45. The average Bonchev–Trinajstić information content (AvgIpc) is 2.58. The zero-order chi connectivity index (χ0) is 17.8. The largest absolute Gasteiger partial charge is 0.506 e. The molecule has 2 heterocycles. The Labute approximate surface area is 143 Å². The molecule has 0 radical (unpaired) electrons. The summed E-state index contributed by atoms with van der Waals surface area (Å²) < 4.78 is 5.11. The number of nitrogens with zero attached hydrogens (tertiary/aromatic N) is 2. The molecular formula is C17H16N4O4. The van der Waals surface area contributed by atoms with Crippen LogP contribution in [0.3, 0.4) is 0 Å². The van der Waals surface area contributed by atoms with E-state index < -0.39 is 6.09 Å². The number of amides is 2. The van der Waals surface area contributed by atoms with Gasteiger partial charge in [-0.05, 0) is 30.3 Å². The molecule has 1 aromatic carbocycles. The zero-order valence-electron chi connectivity index (χ0n) is 13.4. The first-order chi connectivity index (χ1) is 12.0. The van der Waals surface area contributed by atoms with Gasteiger partial charge in [-0.2, -0.15) is 5.10 Å². The normalized spacial score (nSPS) is 16.6. The van der Waals surface area contributed by atoms with E-state index in [-0.39, 0.29) is 23.3 Å². The number of carbonyl (C=O) groups excluding carboxylic acids is 2. The minimum atomic E-state index is -0.745. The Bertz CT molecular complexity index is 836. The number of hydrogen-bond acceptors (Lipinski definition) is 6. The van der Waals surface area contributed by atoms with E-state index in [1.807, 2.05) is 6.92 Å². The fourth-order valence-electron chi connectivity index (χ4n) is 2.45. The SMILES string of the molecule is CC1CC(=O)NN=C1c1ccc(O)c(NC(=O)Oc2ccncc2)c1. The molecule has 3 rings (SSSR count). The van der Waals surface area contributed by atoms with Crippen molar-refractivity contribution in [1.82, 2.24) is 10.4 Å². The summed E-state index contributed by atoms with van der Waals surface area (Å²) in [6.45, 7) is 1.88. The molecule has 3 N–H and O–H groups in total. The Morgan fingerprint density at radius 2 is 2.08 bits per heavy atom. The number of rotatable bonds is 3. The quantitative estimate of drug-likeness (QED) is 0.742. The monoisotopic (exact) mass is 340 g/mol. The van der Waals surface area contributed by atoms with Crippen molar-refractivity contribution < 1.29 is 19.4 Å². The summed E-state index contributed by atoms with van der Waals surface area (Å²) in [6, 6.07) is 7.77. The second-order valence-electron chi connectivity index (χ2n) is 5.57. The minimum absolute atomic E-state index is 0.0742. The Hall–Kier alpha value is -3.42. The van der Waals surface area contributed by atoms with E-state index in [4.69, 9.17) is 4.74 Å². The predicted octanol–water partition coefficient (Wildman–Crippen LogP) is 2.26. The van der Waals surface area contributed by atoms with Gasteiger partial charge in [0.2, 0.25) is 5.91 Å². The molecule has 1 unspecified atom stereocenters. The first-order valence-electron chi connectivity index (χ1n) is 7.61. The van der Waals surface area contributed by atoms with Crippen molar-refractivity contribution >= 4 is 23.4 Å². The number of carbonyl (C=O) groups is 2. The van der Waals surface area contributed by atoms with E-state index >= 15 is 0 Å². The second kappa shape index (κ2) is 7.00. The standard InChI is InChI=1S/C17H16N4O4/c1-10-8-15(23)20-21-16(10)11-2-3-14(22)13(9-11)19-17(24)25-12-4-6-18-7-5-12/h2-7,9-10,22H,8H2,1H3,(H,19,24)(H,20,23). The lowest BCUT2D eigenvalue weighted by molar-refractivity contribution is -0.121. The summed E-state index contributed by atoms with van der Waals surface area (Å²) in [5, 5.41) is 16.5. The van der Waals surface area contributed by atoms with E-state index in [0.717, 1.165) is 0 Å². The van der Waals surface area contributed by atoms with Gasteiger partial charge in [0.15, 0.2) is 0 Å². The molecule has 2 aromatic rings.